The SMILES string of the molecule is CCCCOOS(=O)(=O)C1CC1. The third-order valence-electron chi connectivity index (χ3n) is 1.66. The van der Waals surface area contributed by atoms with E-state index in [1.54, 1.807) is 0 Å². The lowest BCUT2D eigenvalue weighted by Crippen LogP contribution is -2.12. The Morgan fingerprint density at radius 3 is 2.58 bits per heavy atom. The van der Waals surface area contributed by atoms with Gasteiger partial charge in [-0.25, -0.2) is 4.89 Å². The minimum absolute atomic E-state index is 0.306. The third kappa shape index (κ3) is 3.08. The van der Waals surface area contributed by atoms with Gasteiger partial charge in [-0.1, -0.05) is 13.3 Å². The van der Waals surface area contributed by atoms with Crippen molar-refractivity contribution in [3.63, 3.8) is 0 Å². The molecule has 0 radical (unpaired) electrons. The molecule has 12 heavy (non-hydrogen) atoms. The summed E-state index contributed by atoms with van der Waals surface area (Å²) in [5, 5.41) is -0.306. The van der Waals surface area contributed by atoms with Crippen molar-refractivity contribution in [3.8, 4) is 0 Å². The summed E-state index contributed by atoms with van der Waals surface area (Å²) in [5.74, 6) is 0. The largest absolute Gasteiger partial charge is 0.296 e. The van der Waals surface area contributed by atoms with Crippen LogP contribution in [-0.4, -0.2) is 20.3 Å². The first kappa shape index (κ1) is 9.95. The van der Waals surface area contributed by atoms with Crippen LogP contribution in [0.1, 0.15) is 32.6 Å². The molecule has 0 spiro atoms. The van der Waals surface area contributed by atoms with E-state index >= 15 is 0 Å². The van der Waals surface area contributed by atoms with Gasteiger partial charge < -0.3 is 0 Å². The van der Waals surface area contributed by atoms with Gasteiger partial charge in [0.1, 0.15) is 0 Å². The fraction of sp³-hybridized carbons (Fsp3) is 1.00. The van der Waals surface area contributed by atoms with Gasteiger partial charge in [0.25, 0.3) is 10.1 Å². The molecule has 1 fully saturated rings. The summed E-state index contributed by atoms with van der Waals surface area (Å²) in [7, 11) is -3.39. The second-order valence-electron chi connectivity index (χ2n) is 2.94. The average Bonchev–Trinajstić information content (AvgIpc) is 2.80. The molecule has 0 aromatic carbocycles. The van der Waals surface area contributed by atoms with Crippen LogP contribution in [-0.2, 0) is 19.3 Å². The van der Waals surface area contributed by atoms with Gasteiger partial charge in [-0.15, -0.1) is 4.33 Å². The van der Waals surface area contributed by atoms with Crippen LogP contribution >= 0.6 is 0 Å². The molecule has 0 unspecified atom stereocenters. The van der Waals surface area contributed by atoms with Crippen LogP contribution in [0.2, 0.25) is 0 Å². The minimum Gasteiger partial charge on any atom is -0.220 e. The van der Waals surface area contributed by atoms with Crippen molar-refractivity contribution in [2.45, 2.75) is 37.9 Å². The fourth-order valence-electron chi connectivity index (χ4n) is 0.717. The summed E-state index contributed by atoms with van der Waals surface area (Å²) in [6.07, 6.45) is 3.20. The van der Waals surface area contributed by atoms with E-state index in [1.165, 1.54) is 0 Å². The number of rotatable bonds is 6. The van der Waals surface area contributed by atoms with Crippen LogP contribution in [0.5, 0.6) is 0 Å². The Morgan fingerprint density at radius 1 is 1.42 bits per heavy atom. The molecule has 1 aliphatic rings. The molecule has 0 bridgehead atoms. The Balaban J connectivity index is 2.13. The maximum atomic E-state index is 11.0. The zero-order valence-corrected chi connectivity index (χ0v) is 7.97. The zero-order chi connectivity index (χ0) is 9.03. The Hall–Kier alpha value is -0.130. The third-order valence-corrected chi connectivity index (χ3v) is 3.23. The molecule has 0 aromatic rings. The smallest absolute Gasteiger partial charge is 0.220 e. The Kier molecular flexibility index (Phi) is 3.49. The summed E-state index contributed by atoms with van der Waals surface area (Å²) >= 11 is 0. The van der Waals surface area contributed by atoms with Crippen molar-refractivity contribution in [1.29, 1.82) is 0 Å². The van der Waals surface area contributed by atoms with Crippen molar-refractivity contribution in [1.82, 2.24) is 0 Å². The van der Waals surface area contributed by atoms with E-state index in [1.807, 2.05) is 6.92 Å². The number of unbranched alkanes of at least 4 members (excludes halogenated alkanes) is 1. The monoisotopic (exact) mass is 194 g/mol. The van der Waals surface area contributed by atoms with E-state index in [0.29, 0.717) is 19.4 Å². The van der Waals surface area contributed by atoms with E-state index < -0.39 is 10.1 Å². The highest BCUT2D eigenvalue weighted by molar-refractivity contribution is 7.87. The van der Waals surface area contributed by atoms with E-state index in [4.69, 9.17) is 0 Å². The van der Waals surface area contributed by atoms with E-state index in [9.17, 15) is 8.42 Å². The van der Waals surface area contributed by atoms with Crippen molar-refractivity contribution in [2.24, 2.45) is 0 Å². The second-order valence-corrected chi connectivity index (χ2v) is 4.72. The van der Waals surface area contributed by atoms with Gasteiger partial charge in [0.2, 0.25) is 0 Å². The zero-order valence-electron chi connectivity index (χ0n) is 7.15. The van der Waals surface area contributed by atoms with Gasteiger partial charge in [-0.2, -0.15) is 8.42 Å². The summed E-state index contributed by atoms with van der Waals surface area (Å²) in [4.78, 5) is 4.55. The Bertz CT molecular complexity index is 218. The summed E-state index contributed by atoms with van der Waals surface area (Å²) in [6, 6.07) is 0. The van der Waals surface area contributed by atoms with Crippen LogP contribution < -0.4 is 0 Å². The highest BCUT2D eigenvalue weighted by Crippen LogP contribution is 2.29. The first-order chi connectivity index (χ1) is 5.67. The predicted molar refractivity (Wildman–Crippen MR) is 43.9 cm³/mol. The average molecular weight is 194 g/mol. The summed E-state index contributed by atoms with van der Waals surface area (Å²) < 4.78 is 26.3. The van der Waals surface area contributed by atoms with E-state index in [2.05, 4.69) is 9.22 Å². The molecule has 4 nitrogen and oxygen atoms in total. The predicted octanol–water partition coefficient (Wildman–Crippen LogP) is 1.23. The van der Waals surface area contributed by atoms with Gasteiger partial charge in [-0.3, -0.25) is 0 Å². The van der Waals surface area contributed by atoms with Gasteiger partial charge in [0.15, 0.2) is 0 Å². The molecule has 0 amide bonds. The number of hydrogen-bond donors (Lipinski definition) is 0. The highest BCUT2D eigenvalue weighted by atomic mass is 32.2. The molecule has 1 rings (SSSR count). The molecule has 0 atom stereocenters. The van der Waals surface area contributed by atoms with Crippen LogP contribution in [0.25, 0.3) is 0 Å². The molecular weight excluding hydrogens is 180 g/mol. The molecule has 72 valence electrons. The van der Waals surface area contributed by atoms with Gasteiger partial charge in [-0.05, 0) is 19.3 Å². The normalized spacial score (nSPS) is 18.1. The lowest BCUT2D eigenvalue weighted by atomic mass is 10.4. The summed E-state index contributed by atoms with van der Waals surface area (Å²) in [5.41, 5.74) is 0. The first-order valence-corrected chi connectivity index (χ1v) is 5.69. The van der Waals surface area contributed by atoms with Gasteiger partial charge >= 0.3 is 0 Å². The van der Waals surface area contributed by atoms with Crippen molar-refractivity contribution >= 4 is 10.1 Å². The van der Waals surface area contributed by atoms with E-state index in [-0.39, 0.29) is 5.25 Å². The Morgan fingerprint density at radius 2 is 2.08 bits per heavy atom. The maximum Gasteiger partial charge on any atom is 0.296 e. The molecule has 0 aromatic heterocycles. The van der Waals surface area contributed by atoms with E-state index in [0.717, 1.165) is 12.8 Å². The van der Waals surface area contributed by atoms with Gasteiger partial charge in [0.05, 0.1) is 11.9 Å². The lowest BCUT2D eigenvalue weighted by Gasteiger charge is -2.01. The molecule has 1 aliphatic carbocycles. The fourth-order valence-corrected chi connectivity index (χ4v) is 1.74. The summed E-state index contributed by atoms with van der Waals surface area (Å²) in [6.45, 7) is 2.35. The van der Waals surface area contributed by atoms with Crippen molar-refractivity contribution in [3.05, 3.63) is 0 Å². The van der Waals surface area contributed by atoms with Crippen LogP contribution in [0, 0.1) is 0 Å². The maximum absolute atomic E-state index is 11.0. The molecule has 0 heterocycles. The molecule has 0 saturated heterocycles. The lowest BCUT2D eigenvalue weighted by molar-refractivity contribution is -0.202. The van der Waals surface area contributed by atoms with Crippen molar-refractivity contribution in [2.75, 3.05) is 6.61 Å². The highest BCUT2D eigenvalue weighted by Gasteiger charge is 2.37. The molecule has 1 saturated carbocycles. The van der Waals surface area contributed by atoms with Crippen molar-refractivity contribution < 1.29 is 17.6 Å². The minimum atomic E-state index is -3.39. The van der Waals surface area contributed by atoms with Crippen LogP contribution in [0.15, 0.2) is 0 Å². The molecule has 5 heteroatoms. The van der Waals surface area contributed by atoms with Crippen LogP contribution in [0.4, 0.5) is 0 Å². The quantitative estimate of drug-likeness (QED) is 0.362. The number of hydrogen-bond acceptors (Lipinski definition) is 4. The second kappa shape index (κ2) is 4.20. The molecule has 0 N–H and O–H groups in total. The van der Waals surface area contributed by atoms with Gasteiger partial charge in [0, 0.05) is 0 Å². The standard InChI is InChI=1S/C7H14O4S/c1-2-3-6-10-11-12(8,9)7-4-5-7/h7H,2-6H2,1H3. The van der Waals surface area contributed by atoms with Crippen LogP contribution in [0.3, 0.4) is 0 Å². The Labute approximate surface area is 72.9 Å². The molecular formula is C7H14O4S. The topological polar surface area (TPSA) is 52.6 Å². The molecule has 0 aliphatic heterocycles. The first-order valence-electron chi connectivity index (χ1n) is 4.21.